The fraction of sp³-hybridized carbons (Fsp3) is 0.320. The minimum Gasteiger partial charge on any atom is -0.463 e. The fourth-order valence-electron chi connectivity index (χ4n) is 3.83. The Bertz CT molecular complexity index is 1020. The minimum atomic E-state index is -0.456. The zero-order valence-corrected chi connectivity index (χ0v) is 18.4. The zero-order valence-electron chi connectivity index (χ0n) is 18.4. The molecule has 0 saturated heterocycles. The molecule has 0 bridgehead atoms. The number of aryl methyl sites for hydroxylation is 2. The van der Waals surface area contributed by atoms with E-state index in [-0.39, 0.29) is 31.4 Å². The van der Waals surface area contributed by atoms with Gasteiger partial charge in [-0.2, -0.15) is 0 Å². The number of ether oxygens (including phenoxy) is 1. The second kappa shape index (κ2) is 9.60. The predicted octanol–water partition coefficient (Wildman–Crippen LogP) is 4.10. The Kier molecular flexibility index (Phi) is 6.90. The van der Waals surface area contributed by atoms with Crippen LogP contribution in [0.2, 0.25) is 0 Å². The molecule has 162 valence electrons. The normalized spacial score (nSPS) is 16.3. The van der Waals surface area contributed by atoms with Crippen LogP contribution in [0.3, 0.4) is 0 Å². The lowest BCUT2D eigenvalue weighted by Crippen LogP contribution is -2.42. The lowest BCUT2D eigenvalue weighted by Gasteiger charge is -2.34. The summed E-state index contributed by atoms with van der Waals surface area (Å²) in [6, 6.07) is 15.2. The number of allylic oxidation sites excluding steroid dienone is 1. The molecule has 0 spiro atoms. The van der Waals surface area contributed by atoms with Gasteiger partial charge in [-0.05, 0) is 45.4 Å². The fourth-order valence-corrected chi connectivity index (χ4v) is 3.83. The van der Waals surface area contributed by atoms with Gasteiger partial charge in [-0.25, -0.2) is 4.79 Å². The molecule has 0 aliphatic carbocycles. The largest absolute Gasteiger partial charge is 0.463 e. The number of benzene rings is 2. The summed E-state index contributed by atoms with van der Waals surface area (Å²) < 4.78 is 5.29. The van der Waals surface area contributed by atoms with Crippen molar-refractivity contribution < 1.29 is 19.1 Å². The average Bonchev–Trinajstić information content (AvgIpc) is 2.72. The Morgan fingerprint density at radius 2 is 1.77 bits per heavy atom. The summed E-state index contributed by atoms with van der Waals surface area (Å²) in [7, 11) is 0. The number of amides is 2. The smallest absolute Gasteiger partial charge is 0.336 e. The standard InChI is InChI=1S/C25H28N2O4/c1-5-31-25(30)24-18(4)27(15-22(28)26-20-11-9-16(2)10-12-20)23(29)14-21(24)19-8-6-7-17(3)13-19/h6-13,21H,5,14-15H2,1-4H3,(H,26,28). The summed E-state index contributed by atoms with van der Waals surface area (Å²) in [5, 5.41) is 2.81. The lowest BCUT2D eigenvalue weighted by molar-refractivity contribution is -0.140. The number of hydrogen-bond acceptors (Lipinski definition) is 4. The molecule has 6 nitrogen and oxygen atoms in total. The van der Waals surface area contributed by atoms with E-state index in [1.165, 1.54) is 4.90 Å². The van der Waals surface area contributed by atoms with Crippen LogP contribution in [-0.2, 0) is 19.1 Å². The topological polar surface area (TPSA) is 75.7 Å². The molecule has 1 N–H and O–H groups in total. The van der Waals surface area contributed by atoms with Gasteiger partial charge in [-0.3, -0.25) is 9.59 Å². The van der Waals surface area contributed by atoms with Crippen LogP contribution in [0, 0.1) is 13.8 Å². The van der Waals surface area contributed by atoms with Gasteiger partial charge in [-0.1, -0.05) is 47.5 Å². The van der Waals surface area contributed by atoms with Crippen LogP contribution in [0.4, 0.5) is 5.69 Å². The summed E-state index contributed by atoms with van der Waals surface area (Å²) in [5.41, 5.74) is 4.56. The maximum absolute atomic E-state index is 13.0. The van der Waals surface area contributed by atoms with Crippen molar-refractivity contribution in [2.45, 2.75) is 40.0 Å². The highest BCUT2D eigenvalue weighted by molar-refractivity contribution is 5.99. The van der Waals surface area contributed by atoms with Crippen molar-refractivity contribution in [1.82, 2.24) is 4.90 Å². The van der Waals surface area contributed by atoms with Gasteiger partial charge in [-0.15, -0.1) is 0 Å². The third kappa shape index (κ3) is 5.20. The van der Waals surface area contributed by atoms with E-state index >= 15 is 0 Å². The lowest BCUT2D eigenvalue weighted by atomic mass is 9.83. The summed E-state index contributed by atoms with van der Waals surface area (Å²) in [5.74, 6) is -1.38. The molecule has 0 saturated carbocycles. The van der Waals surface area contributed by atoms with E-state index in [9.17, 15) is 14.4 Å². The second-order valence-corrected chi connectivity index (χ2v) is 7.78. The van der Waals surface area contributed by atoms with Crippen molar-refractivity contribution in [3.63, 3.8) is 0 Å². The summed E-state index contributed by atoms with van der Waals surface area (Å²) >= 11 is 0. The summed E-state index contributed by atoms with van der Waals surface area (Å²) in [6.07, 6.45) is 0.104. The first-order chi connectivity index (χ1) is 14.8. The van der Waals surface area contributed by atoms with Crippen LogP contribution in [-0.4, -0.2) is 35.8 Å². The molecule has 1 unspecified atom stereocenters. The van der Waals surface area contributed by atoms with Crippen LogP contribution in [0.15, 0.2) is 59.8 Å². The van der Waals surface area contributed by atoms with Crippen molar-refractivity contribution in [3.05, 3.63) is 76.5 Å². The van der Waals surface area contributed by atoms with Crippen LogP contribution < -0.4 is 5.32 Å². The molecule has 31 heavy (non-hydrogen) atoms. The Morgan fingerprint density at radius 1 is 1.06 bits per heavy atom. The molecular weight excluding hydrogens is 392 g/mol. The molecule has 0 radical (unpaired) electrons. The van der Waals surface area contributed by atoms with E-state index in [2.05, 4.69) is 5.32 Å². The van der Waals surface area contributed by atoms with Gasteiger partial charge in [0.25, 0.3) is 0 Å². The molecule has 3 rings (SSSR count). The number of nitrogens with one attached hydrogen (secondary N) is 1. The maximum atomic E-state index is 13.0. The van der Waals surface area contributed by atoms with Crippen LogP contribution in [0.1, 0.15) is 42.9 Å². The van der Waals surface area contributed by atoms with Crippen molar-refractivity contribution >= 4 is 23.5 Å². The molecule has 1 aliphatic rings. The highest BCUT2D eigenvalue weighted by Gasteiger charge is 2.37. The molecule has 2 aromatic carbocycles. The van der Waals surface area contributed by atoms with E-state index in [0.717, 1.165) is 16.7 Å². The number of carbonyl (C=O) groups is 3. The Morgan fingerprint density at radius 3 is 2.42 bits per heavy atom. The summed E-state index contributed by atoms with van der Waals surface area (Å²) in [4.78, 5) is 39.8. The van der Waals surface area contributed by atoms with E-state index in [0.29, 0.717) is 17.0 Å². The molecule has 1 aliphatic heterocycles. The number of anilines is 1. The van der Waals surface area contributed by atoms with Crippen LogP contribution in [0.25, 0.3) is 0 Å². The minimum absolute atomic E-state index is 0.104. The Hall–Kier alpha value is -3.41. The zero-order chi connectivity index (χ0) is 22.5. The van der Waals surface area contributed by atoms with Crippen LogP contribution in [0.5, 0.6) is 0 Å². The molecule has 0 aromatic heterocycles. The number of rotatable bonds is 6. The highest BCUT2D eigenvalue weighted by Crippen LogP contribution is 2.37. The first-order valence-electron chi connectivity index (χ1n) is 10.4. The molecule has 1 heterocycles. The Balaban J connectivity index is 1.90. The SMILES string of the molecule is CCOC(=O)C1=C(C)N(CC(=O)Nc2ccc(C)cc2)C(=O)CC1c1cccc(C)c1. The van der Waals surface area contributed by atoms with Gasteiger partial charge in [0.15, 0.2) is 0 Å². The average molecular weight is 421 g/mol. The van der Waals surface area contributed by atoms with E-state index < -0.39 is 11.9 Å². The van der Waals surface area contributed by atoms with Crippen molar-refractivity contribution in [2.24, 2.45) is 0 Å². The van der Waals surface area contributed by atoms with Gasteiger partial charge < -0.3 is 15.0 Å². The molecule has 2 aromatic rings. The van der Waals surface area contributed by atoms with Gasteiger partial charge in [0, 0.05) is 23.7 Å². The molecule has 6 heteroatoms. The molecule has 2 amide bonds. The van der Waals surface area contributed by atoms with E-state index in [4.69, 9.17) is 4.74 Å². The quantitative estimate of drug-likeness (QED) is 0.714. The highest BCUT2D eigenvalue weighted by atomic mass is 16.5. The van der Waals surface area contributed by atoms with Gasteiger partial charge in [0.2, 0.25) is 11.8 Å². The third-order valence-electron chi connectivity index (χ3n) is 5.40. The molecular formula is C25H28N2O4. The van der Waals surface area contributed by atoms with Gasteiger partial charge >= 0.3 is 5.97 Å². The Labute approximate surface area is 182 Å². The van der Waals surface area contributed by atoms with Crippen molar-refractivity contribution in [2.75, 3.05) is 18.5 Å². The van der Waals surface area contributed by atoms with Crippen LogP contribution >= 0.6 is 0 Å². The monoisotopic (exact) mass is 420 g/mol. The van der Waals surface area contributed by atoms with E-state index in [1.54, 1.807) is 13.8 Å². The van der Waals surface area contributed by atoms with Gasteiger partial charge in [0.05, 0.1) is 12.2 Å². The van der Waals surface area contributed by atoms with Gasteiger partial charge in [0.1, 0.15) is 6.54 Å². The number of nitrogens with zero attached hydrogens (tertiary/aromatic N) is 1. The third-order valence-corrected chi connectivity index (χ3v) is 5.40. The first kappa shape index (κ1) is 22.3. The van der Waals surface area contributed by atoms with Crippen molar-refractivity contribution in [3.8, 4) is 0 Å². The first-order valence-corrected chi connectivity index (χ1v) is 10.4. The number of esters is 1. The molecule has 0 fully saturated rings. The predicted molar refractivity (Wildman–Crippen MR) is 119 cm³/mol. The summed E-state index contributed by atoms with van der Waals surface area (Å²) in [6.45, 7) is 7.45. The van der Waals surface area contributed by atoms with E-state index in [1.807, 2.05) is 62.4 Å². The number of hydrogen-bond donors (Lipinski definition) is 1. The maximum Gasteiger partial charge on any atom is 0.336 e. The second-order valence-electron chi connectivity index (χ2n) is 7.78. The molecule has 1 atom stereocenters. The van der Waals surface area contributed by atoms with Crippen molar-refractivity contribution in [1.29, 1.82) is 0 Å². The number of carbonyl (C=O) groups excluding carboxylic acids is 3.